The molecule has 0 atom stereocenters. The molecule has 0 bridgehead atoms. The van der Waals surface area contributed by atoms with Crippen molar-refractivity contribution < 1.29 is 19.5 Å². The Balaban J connectivity index is 1.51. The summed E-state index contributed by atoms with van der Waals surface area (Å²) in [6, 6.07) is 15.7. The molecule has 0 amide bonds. The molecule has 2 aliphatic carbocycles. The van der Waals surface area contributed by atoms with Gasteiger partial charge in [-0.05, 0) is 55.0 Å². The van der Waals surface area contributed by atoms with Gasteiger partial charge in [-0.1, -0.05) is 49.6 Å². The molecule has 0 aliphatic heterocycles. The monoisotopic (exact) mass is 462 g/mol. The molecule has 0 spiro atoms. The summed E-state index contributed by atoms with van der Waals surface area (Å²) >= 11 is 0. The van der Waals surface area contributed by atoms with E-state index < -0.39 is 0 Å². The molecule has 180 valence electrons. The number of hydrogen-bond acceptors (Lipinski definition) is 6. The fourth-order valence-corrected chi connectivity index (χ4v) is 4.98. The third kappa shape index (κ3) is 5.40. The molecule has 1 N–H and O–H groups in total. The number of carbonyl (C=O) groups is 1. The van der Waals surface area contributed by atoms with Crippen LogP contribution in [0.5, 0.6) is 5.75 Å². The molecule has 1 saturated carbocycles. The maximum Gasteiger partial charge on any atom is 0.340 e. The number of carbonyl (C=O) groups excluding carboxylic acids is 1. The Morgan fingerprint density at radius 3 is 2.56 bits per heavy atom. The van der Waals surface area contributed by atoms with Gasteiger partial charge in [0.15, 0.2) is 0 Å². The zero-order chi connectivity index (χ0) is 23.9. The highest BCUT2D eigenvalue weighted by Crippen LogP contribution is 2.40. The number of ether oxygens (including phenoxy) is 2. The molecule has 2 aliphatic rings. The zero-order valence-corrected chi connectivity index (χ0v) is 20.1. The summed E-state index contributed by atoms with van der Waals surface area (Å²) < 4.78 is 11.4. The Morgan fingerprint density at radius 1 is 1.09 bits per heavy atom. The number of benzene rings is 2. The van der Waals surface area contributed by atoms with E-state index in [1.54, 1.807) is 14.0 Å². The average molecular weight is 463 g/mol. The second-order valence-electron chi connectivity index (χ2n) is 8.88. The molecule has 0 saturated heterocycles. The molecule has 6 heteroatoms. The number of rotatable bonds is 9. The van der Waals surface area contributed by atoms with Gasteiger partial charge in [-0.2, -0.15) is 5.06 Å². The maximum absolute atomic E-state index is 12.9. The van der Waals surface area contributed by atoms with Gasteiger partial charge in [-0.25, -0.2) is 4.79 Å². The van der Waals surface area contributed by atoms with Crippen LogP contribution < -0.4 is 4.74 Å². The summed E-state index contributed by atoms with van der Waals surface area (Å²) in [7, 11) is 1.69. The normalized spacial score (nSPS) is 17.4. The summed E-state index contributed by atoms with van der Waals surface area (Å²) in [6.45, 7) is 3.63. The van der Waals surface area contributed by atoms with E-state index in [1.165, 1.54) is 37.2 Å². The van der Waals surface area contributed by atoms with Gasteiger partial charge in [0.05, 0.1) is 24.4 Å². The quantitative estimate of drug-likeness (QED) is 0.413. The zero-order valence-electron chi connectivity index (χ0n) is 20.1. The second-order valence-corrected chi connectivity index (χ2v) is 8.88. The van der Waals surface area contributed by atoms with Crippen molar-refractivity contribution in [2.45, 2.75) is 39.0 Å². The summed E-state index contributed by atoms with van der Waals surface area (Å²) in [5.74, 6) is 0.883. The fourth-order valence-electron chi connectivity index (χ4n) is 4.98. The van der Waals surface area contributed by atoms with Crippen LogP contribution in [0.1, 0.15) is 55.7 Å². The Labute approximate surface area is 201 Å². The number of nitrogens with zero attached hydrogens (tertiary/aromatic N) is 2. The van der Waals surface area contributed by atoms with E-state index in [-0.39, 0.29) is 5.97 Å². The molecule has 4 rings (SSSR count). The van der Waals surface area contributed by atoms with E-state index in [0.717, 1.165) is 22.3 Å². The van der Waals surface area contributed by atoms with E-state index in [0.29, 0.717) is 49.3 Å². The van der Waals surface area contributed by atoms with E-state index in [2.05, 4.69) is 4.99 Å². The summed E-state index contributed by atoms with van der Waals surface area (Å²) in [5.41, 5.74) is 4.65. The molecule has 2 aromatic carbocycles. The fraction of sp³-hybridized carbons (Fsp3) is 0.429. The van der Waals surface area contributed by atoms with Gasteiger partial charge in [0.1, 0.15) is 12.4 Å². The number of fused-ring (bicyclic) bond motifs is 1. The van der Waals surface area contributed by atoms with Gasteiger partial charge in [0.25, 0.3) is 0 Å². The molecule has 6 nitrogen and oxygen atoms in total. The smallest absolute Gasteiger partial charge is 0.340 e. The van der Waals surface area contributed by atoms with E-state index >= 15 is 0 Å². The third-order valence-corrected chi connectivity index (χ3v) is 6.58. The first kappa shape index (κ1) is 24.2. The first-order valence-corrected chi connectivity index (χ1v) is 12.3. The minimum atomic E-state index is -0.376. The standard InChI is InChI=1S/C28H34N2O4/c1-3-33-28(31)26-25(21-12-8-5-9-13-21)23-15-14-22(18-24(23)27(26)29-2)34-17-16-30(32)19-20-10-6-4-7-11-20/h5,8-9,12-15,18,20,32H,3-4,6-7,10-11,16-17,19H2,1-2H3/b29-27+. The highest BCUT2D eigenvalue weighted by molar-refractivity contribution is 6.37. The number of aliphatic imine (C=N–C) groups is 1. The van der Waals surface area contributed by atoms with Gasteiger partial charge in [-0.15, -0.1) is 0 Å². The molecule has 0 radical (unpaired) electrons. The minimum absolute atomic E-state index is 0.296. The molecule has 0 heterocycles. The van der Waals surface area contributed by atoms with Crippen LogP contribution in [0.3, 0.4) is 0 Å². The maximum atomic E-state index is 12.9. The van der Waals surface area contributed by atoms with Crippen LogP contribution in [0.15, 0.2) is 59.1 Å². The van der Waals surface area contributed by atoms with Crippen molar-refractivity contribution in [3.05, 3.63) is 70.8 Å². The molecule has 0 unspecified atom stereocenters. The van der Waals surface area contributed by atoms with Gasteiger partial charge < -0.3 is 14.7 Å². The van der Waals surface area contributed by atoms with Crippen molar-refractivity contribution in [1.29, 1.82) is 0 Å². The van der Waals surface area contributed by atoms with Crippen LogP contribution in [0.4, 0.5) is 0 Å². The van der Waals surface area contributed by atoms with Crippen molar-refractivity contribution in [2.24, 2.45) is 10.9 Å². The molecule has 34 heavy (non-hydrogen) atoms. The number of hydrogen-bond donors (Lipinski definition) is 1. The molecule has 1 fully saturated rings. The van der Waals surface area contributed by atoms with Gasteiger partial charge in [0, 0.05) is 24.7 Å². The Bertz CT molecular complexity index is 1060. The van der Waals surface area contributed by atoms with Crippen molar-refractivity contribution >= 4 is 17.3 Å². The lowest BCUT2D eigenvalue weighted by Gasteiger charge is -2.25. The lowest BCUT2D eigenvalue weighted by Crippen LogP contribution is -2.31. The van der Waals surface area contributed by atoms with E-state index in [4.69, 9.17) is 9.47 Å². The van der Waals surface area contributed by atoms with E-state index in [1.807, 2.05) is 48.5 Å². The third-order valence-electron chi connectivity index (χ3n) is 6.58. The van der Waals surface area contributed by atoms with Crippen LogP contribution in [0.2, 0.25) is 0 Å². The highest BCUT2D eigenvalue weighted by atomic mass is 16.5. The molecule has 0 aromatic heterocycles. The van der Waals surface area contributed by atoms with E-state index in [9.17, 15) is 10.0 Å². The van der Waals surface area contributed by atoms with Crippen LogP contribution in [0.25, 0.3) is 5.57 Å². The first-order chi connectivity index (χ1) is 16.6. The van der Waals surface area contributed by atoms with Crippen LogP contribution in [-0.4, -0.2) is 55.3 Å². The number of esters is 1. The highest BCUT2D eigenvalue weighted by Gasteiger charge is 2.34. The predicted octanol–water partition coefficient (Wildman–Crippen LogP) is 5.13. The van der Waals surface area contributed by atoms with Gasteiger partial charge in [0.2, 0.25) is 0 Å². The summed E-state index contributed by atoms with van der Waals surface area (Å²) in [6.07, 6.45) is 6.23. The Morgan fingerprint density at radius 2 is 1.85 bits per heavy atom. The summed E-state index contributed by atoms with van der Waals surface area (Å²) in [5, 5.41) is 11.7. The molecular weight excluding hydrogens is 428 g/mol. The van der Waals surface area contributed by atoms with Crippen molar-refractivity contribution in [2.75, 3.05) is 33.4 Å². The largest absolute Gasteiger partial charge is 0.492 e. The molecular formula is C28H34N2O4. The lowest BCUT2D eigenvalue weighted by atomic mass is 9.89. The average Bonchev–Trinajstić information content (AvgIpc) is 3.19. The van der Waals surface area contributed by atoms with Crippen molar-refractivity contribution in [1.82, 2.24) is 5.06 Å². The Hall–Kier alpha value is -2.96. The van der Waals surface area contributed by atoms with Crippen LogP contribution >= 0.6 is 0 Å². The topological polar surface area (TPSA) is 71.4 Å². The van der Waals surface area contributed by atoms with Gasteiger partial charge >= 0.3 is 5.97 Å². The van der Waals surface area contributed by atoms with Crippen LogP contribution in [-0.2, 0) is 9.53 Å². The van der Waals surface area contributed by atoms with Crippen molar-refractivity contribution in [3.8, 4) is 5.75 Å². The first-order valence-electron chi connectivity index (χ1n) is 12.3. The number of hydroxylamine groups is 2. The lowest BCUT2D eigenvalue weighted by molar-refractivity contribution is -0.137. The SMILES string of the molecule is CCOC(=O)C1=C(c2ccccc2)c2ccc(OCCN(O)CC3CCCCC3)cc2/C1=N\C. The minimum Gasteiger partial charge on any atom is -0.492 e. The second kappa shape index (κ2) is 11.4. The predicted molar refractivity (Wildman–Crippen MR) is 133 cm³/mol. The van der Waals surface area contributed by atoms with Gasteiger partial charge in [-0.3, -0.25) is 4.99 Å². The Kier molecular flexibility index (Phi) is 8.14. The van der Waals surface area contributed by atoms with Crippen molar-refractivity contribution in [3.63, 3.8) is 0 Å². The summed E-state index contributed by atoms with van der Waals surface area (Å²) in [4.78, 5) is 17.4. The van der Waals surface area contributed by atoms with Crippen LogP contribution in [0, 0.1) is 5.92 Å². The molecule has 2 aromatic rings.